The van der Waals surface area contributed by atoms with Gasteiger partial charge in [-0.1, -0.05) is 59.6 Å². The summed E-state index contributed by atoms with van der Waals surface area (Å²) in [5.74, 6) is 0. The van der Waals surface area contributed by atoms with Gasteiger partial charge in [0.15, 0.2) is 7.14 Å². The van der Waals surface area contributed by atoms with E-state index < -0.39 is 12.7 Å². The van der Waals surface area contributed by atoms with E-state index in [1.54, 1.807) is 48.5 Å². The van der Waals surface area contributed by atoms with Gasteiger partial charge in [0.1, 0.15) is 0 Å². The molecule has 0 heterocycles. The fourth-order valence-electron chi connectivity index (χ4n) is 1.75. The van der Waals surface area contributed by atoms with Crippen LogP contribution in [0.2, 0.25) is 10.0 Å². The molecule has 0 aliphatic carbocycles. The van der Waals surface area contributed by atoms with Crippen molar-refractivity contribution in [2.45, 2.75) is 0 Å². The van der Waals surface area contributed by atoms with Gasteiger partial charge in [-0.2, -0.15) is 0 Å². The van der Waals surface area contributed by atoms with E-state index in [2.05, 4.69) is 0 Å². The Kier molecular flexibility index (Phi) is 4.15. The topological polar surface area (TPSA) is 34.1 Å². The highest BCUT2D eigenvalue weighted by Gasteiger charge is 2.31. The Morgan fingerprint density at radius 1 is 0.947 bits per heavy atom. The fourth-order valence-corrected chi connectivity index (χ4v) is 4.09. The van der Waals surface area contributed by atoms with Crippen molar-refractivity contribution in [3.05, 3.63) is 64.1 Å². The first kappa shape index (κ1) is 14.3. The van der Waals surface area contributed by atoms with E-state index in [1.165, 1.54) is 6.66 Å². The summed E-state index contributed by atoms with van der Waals surface area (Å²) in [6.45, 7) is 1.43. The van der Waals surface area contributed by atoms with Crippen molar-refractivity contribution < 1.29 is 9.36 Å². The summed E-state index contributed by atoms with van der Waals surface area (Å²) in [6, 6.07) is 13.4. The third kappa shape index (κ3) is 2.76. The highest BCUT2D eigenvalue weighted by atomic mass is 35.5. The van der Waals surface area contributed by atoms with E-state index >= 15 is 0 Å². The van der Waals surface area contributed by atoms with E-state index in [0.29, 0.717) is 5.30 Å². The second-order valence-electron chi connectivity index (χ2n) is 4.16. The fraction of sp³-hybridized carbons (Fsp3) is 0.0714. The van der Waals surface area contributed by atoms with Gasteiger partial charge in [0, 0.05) is 12.0 Å². The summed E-state index contributed by atoms with van der Waals surface area (Å²) >= 11 is 12.0. The second-order valence-corrected chi connectivity index (χ2v) is 7.75. The number of carbonyl (C=O) groups is 1. The van der Waals surface area contributed by atoms with Gasteiger partial charge in [-0.3, -0.25) is 4.79 Å². The molecule has 0 radical (unpaired) electrons. The normalized spacial score (nSPS) is 13.8. The standard InChI is InChI=1S/C14H11Cl2O2P/c1-19(18,10-6-3-2-4-7-10)14(17)13-11(15)8-5-9-12(13)16/h2-9H,1H3. The van der Waals surface area contributed by atoms with Crippen LogP contribution in [-0.2, 0) is 4.57 Å². The monoisotopic (exact) mass is 312 g/mol. The van der Waals surface area contributed by atoms with Crippen LogP contribution in [0.25, 0.3) is 0 Å². The molecule has 98 valence electrons. The Bertz CT molecular complexity index is 648. The van der Waals surface area contributed by atoms with Crippen molar-refractivity contribution in [1.29, 1.82) is 0 Å². The largest absolute Gasteiger partial charge is 0.310 e. The molecule has 5 heteroatoms. The third-order valence-electron chi connectivity index (χ3n) is 2.81. The predicted octanol–water partition coefficient (Wildman–Crippen LogP) is 4.45. The highest BCUT2D eigenvalue weighted by molar-refractivity contribution is 7.86. The minimum absolute atomic E-state index is 0.125. The Morgan fingerprint density at radius 3 is 2.00 bits per heavy atom. The van der Waals surface area contributed by atoms with Gasteiger partial charge in [-0.15, -0.1) is 0 Å². The number of rotatable bonds is 3. The van der Waals surface area contributed by atoms with Crippen LogP contribution in [0.4, 0.5) is 0 Å². The molecule has 0 amide bonds. The van der Waals surface area contributed by atoms with Crippen molar-refractivity contribution >= 4 is 41.2 Å². The first-order chi connectivity index (χ1) is 8.94. The van der Waals surface area contributed by atoms with Gasteiger partial charge in [0.25, 0.3) is 0 Å². The molecule has 0 spiro atoms. The maximum atomic E-state index is 12.8. The van der Waals surface area contributed by atoms with E-state index in [-0.39, 0.29) is 15.6 Å². The van der Waals surface area contributed by atoms with Crippen LogP contribution in [0.15, 0.2) is 48.5 Å². The van der Waals surface area contributed by atoms with Crippen molar-refractivity contribution in [2.75, 3.05) is 6.66 Å². The Balaban J connectivity index is 2.54. The van der Waals surface area contributed by atoms with Crippen molar-refractivity contribution in [1.82, 2.24) is 0 Å². The quantitative estimate of drug-likeness (QED) is 0.784. The van der Waals surface area contributed by atoms with Crippen molar-refractivity contribution in [3.8, 4) is 0 Å². The molecule has 0 aliphatic rings. The lowest BCUT2D eigenvalue weighted by Gasteiger charge is -2.14. The van der Waals surface area contributed by atoms with Crippen LogP contribution < -0.4 is 5.30 Å². The molecule has 0 saturated carbocycles. The van der Waals surface area contributed by atoms with Gasteiger partial charge in [-0.05, 0) is 12.1 Å². The number of carbonyl (C=O) groups excluding carboxylic acids is 1. The Morgan fingerprint density at radius 2 is 1.47 bits per heavy atom. The summed E-state index contributed by atoms with van der Waals surface area (Å²) in [4.78, 5) is 12.5. The molecule has 1 unspecified atom stereocenters. The smallest absolute Gasteiger partial charge is 0.228 e. The molecular formula is C14H11Cl2O2P. The van der Waals surface area contributed by atoms with Gasteiger partial charge >= 0.3 is 0 Å². The van der Waals surface area contributed by atoms with E-state index in [4.69, 9.17) is 23.2 Å². The van der Waals surface area contributed by atoms with Crippen LogP contribution in [0.1, 0.15) is 10.4 Å². The van der Waals surface area contributed by atoms with E-state index in [1.807, 2.05) is 0 Å². The van der Waals surface area contributed by atoms with Gasteiger partial charge in [0.05, 0.1) is 15.6 Å². The number of halogens is 2. The molecule has 0 fully saturated rings. The zero-order valence-electron chi connectivity index (χ0n) is 10.1. The van der Waals surface area contributed by atoms with Crippen LogP contribution in [0, 0.1) is 0 Å². The molecule has 0 aromatic heterocycles. The van der Waals surface area contributed by atoms with Gasteiger partial charge in [-0.25, -0.2) is 0 Å². The summed E-state index contributed by atoms with van der Waals surface area (Å²) in [7, 11) is -3.22. The molecule has 2 rings (SSSR count). The molecule has 2 aromatic carbocycles. The third-order valence-corrected chi connectivity index (χ3v) is 5.73. The van der Waals surface area contributed by atoms with Crippen molar-refractivity contribution in [3.63, 3.8) is 0 Å². The number of benzene rings is 2. The predicted molar refractivity (Wildman–Crippen MR) is 80.4 cm³/mol. The number of hydrogen-bond acceptors (Lipinski definition) is 2. The van der Waals surface area contributed by atoms with Gasteiger partial charge < -0.3 is 4.57 Å². The van der Waals surface area contributed by atoms with Gasteiger partial charge in [0.2, 0.25) is 5.52 Å². The van der Waals surface area contributed by atoms with Crippen LogP contribution in [0.5, 0.6) is 0 Å². The summed E-state index contributed by atoms with van der Waals surface area (Å²) in [5.41, 5.74) is -0.394. The minimum atomic E-state index is -3.22. The van der Waals surface area contributed by atoms with Crippen LogP contribution >= 0.6 is 30.3 Å². The maximum absolute atomic E-state index is 12.8. The van der Waals surface area contributed by atoms with E-state index in [0.717, 1.165) is 0 Å². The Hall–Kier alpha value is -1.08. The number of hydrogen-bond donors (Lipinski definition) is 0. The molecule has 0 aliphatic heterocycles. The zero-order chi connectivity index (χ0) is 14.0. The lowest BCUT2D eigenvalue weighted by atomic mass is 10.2. The second kappa shape index (κ2) is 5.50. The zero-order valence-corrected chi connectivity index (χ0v) is 12.5. The SMILES string of the molecule is CP(=O)(C(=O)c1c(Cl)cccc1Cl)c1ccccc1. The summed E-state index contributed by atoms with van der Waals surface area (Å²) in [6.07, 6.45) is 0. The van der Waals surface area contributed by atoms with Crippen LogP contribution in [0.3, 0.4) is 0 Å². The average Bonchev–Trinajstić information content (AvgIpc) is 2.39. The molecule has 2 nitrogen and oxygen atoms in total. The summed E-state index contributed by atoms with van der Waals surface area (Å²) < 4.78 is 12.8. The molecule has 0 N–H and O–H groups in total. The molecule has 0 bridgehead atoms. The minimum Gasteiger partial charge on any atom is -0.310 e. The summed E-state index contributed by atoms with van der Waals surface area (Å²) in [5, 5.41) is 0.932. The maximum Gasteiger partial charge on any atom is 0.228 e. The molecule has 2 aromatic rings. The first-order valence-electron chi connectivity index (χ1n) is 5.56. The lowest BCUT2D eigenvalue weighted by molar-refractivity contribution is 0.107. The van der Waals surface area contributed by atoms with Crippen molar-refractivity contribution in [2.24, 2.45) is 0 Å². The lowest BCUT2D eigenvalue weighted by Crippen LogP contribution is -2.12. The van der Waals surface area contributed by atoms with E-state index in [9.17, 15) is 9.36 Å². The molecule has 19 heavy (non-hydrogen) atoms. The average molecular weight is 313 g/mol. The Labute approximate surface area is 121 Å². The molecular weight excluding hydrogens is 302 g/mol. The van der Waals surface area contributed by atoms with Crippen LogP contribution in [-0.4, -0.2) is 12.2 Å². The first-order valence-corrected chi connectivity index (χ1v) is 8.47. The molecule has 1 atom stereocenters. The molecule has 0 saturated heterocycles. The highest BCUT2D eigenvalue weighted by Crippen LogP contribution is 2.46.